The van der Waals surface area contributed by atoms with Gasteiger partial charge >= 0.3 is 0 Å². The summed E-state index contributed by atoms with van der Waals surface area (Å²) in [6.45, 7) is 3.71. The molecule has 9 nitrogen and oxygen atoms in total. The van der Waals surface area contributed by atoms with Crippen LogP contribution in [0.3, 0.4) is 0 Å². The van der Waals surface area contributed by atoms with Crippen LogP contribution in [0, 0.1) is 0 Å². The summed E-state index contributed by atoms with van der Waals surface area (Å²) in [6, 6.07) is 5.42. The number of halogens is 1. The maximum atomic E-state index is 12.0. The van der Waals surface area contributed by atoms with E-state index in [-0.39, 0.29) is 36.4 Å². The predicted molar refractivity (Wildman–Crippen MR) is 113 cm³/mol. The normalized spacial score (nSPS) is 14.5. The van der Waals surface area contributed by atoms with E-state index >= 15 is 0 Å². The van der Waals surface area contributed by atoms with Gasteiger partial charge in [0.15, 0.2) is 5.96 Å². The van der Waals surface area contributed by atoms with E-state index in [2.05, 4.69) is 35.4 Å². The Labute approximate surface area is 175 Å². The molecule has 0 saturated carbocycles. The fourth-order valence-corrected chi connectivity index (χ4v) is 2.73. The molecule has 1 amide bonds. The van der Waals surface area contributed by atoms with Crippen molar-refractivity contribution in [3.8, 4) is 0 Å². The molecule has 146 valence electrons. The third-order valence-corrected chi connectivity index (χ3v) is 4.07. The second-order valence-electron chi connectivity index (χ2n) is 5.78. The van der Waals surface area contributed by atoms with Crippen LogP contribution in [-0.4, -0.2) is 66.5 Å². The number of aliphatic imine (C=N–C) groups is 1. The standard InChI is InChI=1S/C17H23N7O2.HI/c1-18-16(22-13-15(25)21-12-14-4-2-11-26-14)23-7-9-24(10-8-23)17-19-5-3-6-20-17;/h2-6,11H,7-10,12-13H2,1H3,(H,18,22)(H,21,25);1H. The number of piperazine rings is 1. The second kappa shape index (κ2) is 10.7. The summed E-state index contributed by atoms with van der Waals surface area (Å²) in [5, 5.41) is 5.91. The molecule has 1 fully saturated rings. The zero-order valence-corrected chi connectivity index (χ0v) is 17.5. The van der Waals surface area contributed by atoms with Crippen LogP contribution < -0.4 is 15.5 Å². The average molecular weight is 485 g/mol. The lowest BCUT2D eigenvalue weighted by Crippen LogP contribution is -2.54. The molecule has 1 aliphatic heterocycles. The molecule has 2 aromatic rings. The van der Waals surface area contributed by atoms with Crippen molar-refractivity contribution in [3.63, 3.8) is 0 Å². The molecule has 0 bridgehead atoms. The summed E-state index contributed by atoms with van der Waals surface area (Å²) in [5.74, 6) is 2.07. The molecule has 3 rings (SSSR count). The zero-order chi connectivity index (χ0) is 18.2. The van der Waals surface area contributed by atoms with Crippen molar-refractivity contribution >= 4 is 41.8 Å². The van der Waals surface area contributed by atoms with Gasteiger partial charge in [0, 0.05) is 45.6 Å². The summed E-state index contributed by atoms with van der Waals surface area (Å²) in [6.07, 6.45) is 5.08. The Balaban J connectivity index is 0.00000261. The minimum atomic E-state index is -0.112. The molecule has 0 radical (unpaired) electrons. The fourth-order valence-electron chi connectivity index (χ4n) is 2.73. The van der Waals surface area contributed by atoms with Gasteiger partial charge in [0.2, 0.25) is 11.9 Å². The number of hydrogen-bond donors (Lipinski definition) is 2. The summed E-state index contributed by atoms with van der Waals surface area (Å²) < 4.78 is 5.19. The number of rotatable bonds is 5. The highest BCUT2D eigenvalue weighted by atomic mass is 127. The van der Waals surface area contributed by atoms with Gasteiger partial charge in [-0.3, -0.25) is 9.79 Å². The Hall–Kier alpha value is -2.37. The van der Waals surface area contributed by atoms with Gasteiger partial charge in [-0.25, -0.2) is 9.97 Å². The van der Waals surface area contributed by atoms with Crippen molar-refractivity contribution in [1.82, 2.24) is 25.5 Å². The van der Waals surface area contributed by atoms with Crippen LogP contribution in [0.25, 0.3) is 0 Å². The van der Waals surface area contributed by atoms with Crippen molar-refractivity contribution in [2.24, 2.45) is 4.99 Å². The Morgan fingerprint density at radius 3 is 2.56 bits per heavy atom. The number of furan rings is 1. The number of anilines is 1. The van der Waals surface area contributed by atoms with Crippen molar-refractivity contribution in [2.45, 2.75) is 6.54 Å². The lowest BCUT2D eigenvalue weighted by Gasteiger charge is -2.36. The second-order valence-corrected chi connectivity index (χ2v) is 5.78. The first-order chi connectivity index (χ1) is 12.8. The van der Waals surface area contributed by atoms with E-state index in [1.54, 1.807) is 31.8 Å². The van der Waals surface area contributed by atoms with Gasteiger partial charge in [0.05, 0.1) is 19.4 Å². The van der Waals surface area contributed by atoms with Crippen molar-refractivity contribution in [1.29, 1.82) is 0 Å². The number of nitrogens with one attached hydrogen (secondary N) is 2. The maximum Gasteiger partial charge on any atom is 0.239 e. The Kier molecular flexibility index (Phi) is 8.30. The molecule has 10 heteroatoms. The van der Waals surface area contributed by atoms with Crippen LogP contribution >= 0.6 is 24.0 Å². The van der Waals surface area contributed by atoms with Gasteiger partial charge in [-0.05, 0) is 18.2 Å². The predicted octanol–water partition coefficient (Wildman–Crippen LogP) is 0.701. The highest BCUT2D eigenvalue weighted by Crippen LogP contribution is 2.09. The fraction of sp³-hybridized carbons (Fsp3) is 0.412. The highest BCUT2D eigenvalue weighted by Gasteiger charge is 2.21. The van der Waals surface area contributed by atoms with Gasteiger partial charge in [0.25, 0.3) is 0 Å². The van der Waals surface area contributed by atoms with E-state index in [9.17, 15) is 4.79 Å². The molecule has 0 spiro atoms. The zero-order valence-electron chi connectivity index (χ0n) is 15.2. The number of carbonyl (C=O) groups is 1. The Morgan fingerprint density at radius 2 is 1.93 bits per heavy atom. The molecule has 3 heterocycles. The lowest BCUT2D eigenvalue weighted by molar-refractivity contribution is -0.120. The number of carbonyl (C=O) groups excluding carboxylic acids is 1. The van der Waals surface area contributed by atoms with E-state index < -0.39 is 0 Å². The van der Waals surface area contributed by atoms with Crippen molar-refractivity contribution < 1.29 is 9.21 Å². The maximum absolute atomic E-state index is 12.0. The van der Waals surface area contributed by atoms with Gasteiger partial charge in [-0.15, -0.1) is 24.0 Å². The van der Waals surface area contributed by atoms with Crippen LogP contribution in [0.1, 0.15) is 5.76 Å². The van der Waals surface area contributed by atoms with E-state index in [1.165, 1.54) is 0 Å². The quantitative estimate of drug-likeness (QED) is 0.366. The van der Waals surface area contributed by atoms with E-state index in [1.807, 2.05) is 12.1 Å². The first-order valence-corrected chi connectivity index (χ1v) is 8.53. The number of guanidine groups is 1. The minimum absolute atomic E-state index is 0. The molecule has 27 heavy (non-hydrogen) atoms. The minimum Gasteiger partial charge on any atom is -0.467 e. The van der Waals surface area contributed by atoms with Crippen LogP contribution in [0.5, 0.6) is 0 Å². The third kappa shape index (κ3) is 6.08. The van der Waals surface area contributed by atoms with Gasteiger partial charge in [-0.2, -0.15) is 0 Å². The summed E-state index contributed by atoms with van der Waals surface area (Å²) in [4.78, 5) is 29.1. The molecule has 1 aliphatic rings. The van der Waals surface area contributed by atoms with Crippen LogP contribution in [0.15, 0.2) is 46.3 Å². The first-order valence-electron chi connectivity index (χ1n) is 8.53. The Bertz CT molecular complexity index is 716. The van der Waals surface area contributed by atoms with Gasteiger partial charge < -0.3 is 24.9 Å². The Morgan fingerprint density at radius 1 is 1.19 bits per heavy atom. The molecule has 2 aromatic heterocycles. The smallest absolute Gasteiger partial charge is 0.239 e. The van der Waals surface area contributed by atoms with Crippen molar-refractivity contribution in [3.05, 3.63) is 42.6 Å². The topological polar surface area (TPSA) is 98.9 Å². The van der Waals surface area contributed by atoms with E-state index in [4.69, 9.17) is 4.42 Å². The third-order valence-electron chi connectivity index (χ3n) is 4.07. The molecule has 0 aromatic carbocycles. The lowest BCUT2D eigenvalue weighted by atomic mass is 10.3. The van der Waals surface area contributed by atoms with E-state index in [0.29, 0.717) is 12.5 Å². The number of amides is 1. The van der Waals surface area contributed by atoms with Crippen molar-refractivity contribution in [2.75, 3.05) is 44.7 Å². The molecular formula is C17H24IN7O2. The molecule has 1 saturated heterocycles. The number of nitrogens with zero attached hydrogens (tertiary/aromatic N) is 5. The van der Waals surface area contributed by atoms with Crippen LogP contribution in [-0.2, 0) is 11.3 Å². The summed E-state index contributed by atoms with van der Waals surface area (Å²) in [5.41, 5.74) is 0. The molecule has 2 N–H and O–H groups in total. The molecule has 0 unspecified atom stereocenters. The highest BCUT2D eigenvalue weighted by molar-refractivity contribution is 14.0. The van der Waals surface area contributed by atoms with Gasteiger partial charge in [-0.1, -0.05) is 0 Å². The van der Waals surface area contributed by atoms with Gasteiger partial charge in [0.1, 0.15) is 5.76 Å². The molecular weight excluding hydrogens is 461 g/mol. The molecule has 0 atom stereocenters. The van der Waals surface area contributed by atoms with E-state index in [0.717, 1.165) is 37.9 Å². The summed E-state index contributed by atoms with van der Waals surface area (Å²) in [7, 11) is 1.72. The number of hydrogen-bond acceptors (Lipinski definition) is 6. The summed E-state index contributed by atoms with van der Waals surface area (Å²) >= 11 is 0. The first kappa shape index (κ1) is 20.9. The number of aromatic nitrogens is 2. The van der Waals surface area contributed by atoms with Crippen LogP contribution in [0.2, 0.25) is 0 Å². The van der Waals surface area contributed by atoms with Crippen LogP contribution in [0.4, 0.5) is 5.95 Å². The monoisotopic (exact) mass is 485 g/mol. The molecule has 0 aliphatic carbocycles. The average Bonchev–Trinajstić information content (AvgIpc) is 3.22. The SMILES string of the molecule is CN=C(NCC(=O)NCc1ccco1)N1CCN(c2ncccn2)CC1.I. The largest absolute Gasteiger partial charge is 0.467 e.